The summed E-state index contributed by atoms with van der Waals surface area (Å²) in [6.45, 7) is 1.01. The number of nitrogens with zero attached hydrogens (tertiary/aromatic N) is 1. The summed E-state index contributed by atoms with van der Waals surface area (Å²) >= 11 is 0. The molecule has 1 aliphatic heterocycles. The van der Waals surface area contributed by atoms with Gasteiger partial charge in [-0.25, -0.2) is 0 Å². The second kappa shape index (κ2) is 6.62. The SMILES string of the molecule is CN(C)CC1=C(B2OC3(CCCCC3)C3(CCCCC3)O2)C=CC1. The van der Waals surface area contributed by atoms with Crippen LogP contribution in [-0.2, 0) is 9.31 Å². The van der Waals surface area contributed by atoms with Gasteiger partial charge in [-0.1, -0.05) is 56.3 Å². The van der Waals surface area contributed by atoms with Crippen molar-refractivity contribution in [2.24, 2.45) is 0 Å². The lowest BCUT2D eigenvalue weighted by Gasteiger charge is -2.48. The highest BCUT2D eigenvalue weighted by molar-refractivity contribution is 6.56. The predicted molar refractivity (Wildman–Crippen MR) is 98.9 cm³/mol. The van der Waals surface area contributed by atoms with Gasteiger partial charge in [0.15, 0.2) is 0 Å². The molecule has 0 bridgehead atoms. The molecule has 2 saturated carbocycles. The van der Waals surface area contributed by atoms with E-state index in [1.165, 1.54) is 75.3 Å². The quantitative estimate of drug-likeness (QED) is 0.721. The maximum atomic E-state index is 6.83. The fraction of sp³-hybridized carbons (Fsp3) is 0.800. The normalized spacial score (nSPS) is 28.7. The first-order valence-corrected chi connectivity index (χ1v) is 10.0. The first-order valence-electron chi connectivity index (χ1n) is 10.0. The summed E-state index contributed by atoms with van der Waals surface area (Å²) in [7, 11) is 4.16. The topological polar surface area (TPSA) is 21.7 Å². The maximum absolute atomic E-state index is 6.83. The van der Waals surface area contributed by atoms with Gasteiger partial charge in [0.2, 0.25) is 0 Å². The van der Waals surface area contributed by atoms with Crippen molar-refractivity contribution in [3.63, 3.8) is 0 Å². The van der Waals surface area contributed by atoms with Crippen molar-refractivity contribution in [2.45, 2.75) is 81.8 Å². The van der Waals surface area contributed by atoms with Crippen molar-refractivity contribution in [2.75, 3.05) is 20.6 Å². The monoisotopic (exact) mass is 329 g/mol. The molecule has 4 heteroatoms. The summed E-state index contributed by atoms with van der Waals surface area (Å²) in [4.78, 5) is 2.25. The molecule has 0 radical (unpaired) electrons. The van der Waals surface area contributed by atoms with Crippen LogP contribution in [0.5, 0.6) is 0 Å². The molecule has 0 amide bonds. The second-order valence-electron chi connectivity index (χ2n) is 8.58. The lowest BCUT2D eigenvalue weighted by Crippen LogP contribution is -2.53. The summed E-state index contributed by atoms with van der Waals surface area (Å²) in [6.07, 6.45) is 18.3. The van der Waals surface area contributed by atoms with Crippen molar-refractivity contribution in [1.82, 2.24) is 4.90 Å². The second-order valence-corrected chi connectivity index (χ2v) is 8.58. The molecule has 3 fully saturated rings. The smallest absolute Gasteiger partial charge is 0.399 e. The van der Waals surface area contributed by atoms with Gasteiger partial charge >= 0.3 is 7.12 Å². The molecule has 1 saturated heterocycles. The third-order valence-corrected chi connectivity index (χ3v) is 6.65. The largest absolute Gasteiger partial charge is 0.494 e. The van der Waals surface area contributed by atoms with Crippen LogP contribution in [0.1, 0.15) is 70.6 Å². The van der Waals surface area contributed by atoms with E-state index in [0.717, 1.165) is 13.0 Å². The maximum Gasteiger partial charge on any atom is 0.494 e. The van der Waals surface area contributed by atoms with Crippen LogP contribution in [0.2, 0.25) is 0 Å². The molecule has 4 aliphatic rings. The molecular weight excluding hydrogens is 297 g/mol. The first kappa shape index (κ1) is 16.9. The Kier molecular flexibility index (Phi) is 4.66. The molecular formula is C20H32BNO2. The highest BCUT2D eigenvalue weighted by Gasteiger charge is 2.62. The molecule has 0 unspecified atom stereocenters. The van der Waals surface area contributed by atoms with E-state index < -0.39 is 0 Å². The highest BCUT2D eigenvalue weighted by Crippen LogP contribution is 2.54. The zero-order chi connectivity index (χ0) is 16.6. The van der Waals surface area contributed by atoms with Crippen LogP contribution in [0.15, 0.2) is 23.2 Å². The Morgan fingerprint density at radius 2 is 1.46 bits per heavy atom. The standard InChI is InChI=1S/C20H32BNO2/c1-22(2)16-17-10-9-11-18(17)21-23-19(12-5-3-6-13-19)20(24-21)14-7-4-8-15-20/h9,11H,3-8,10,12-16H2,1-2H3. The van der Waals surface area contributed by atoms with Gasteiger partial charge in [0.25, 0.3) is 0 Å². The Balaban J connectivity index is 1.63. The molecule has 0 aromatic rings. The Hall–Kier alpha value is -0.575. The van der Waals surface area contributed by atoms with Gasteiger partial charge < -0.3 is 14.2 Å². The zero-order valence-electron chi connectivity index (χ0n) is 15.5. The Morgan fingerprint density at radius 1 is 0.917 bits per heavy atom. The summed E-state index contributed by atoms with van der Waals surface area (Å²) in [5.41, 5.74) is 2.77. The van der Waals surface area contributed by atoms with E-state index in [1.807, 2.05) is 0 Å². The van der Waals surface area contributed by atoms with Crippen LogP contribution in [0.4, 0.5) is 0 Å². The van der Waals surface area contributed by atoms with E-state index >= 15 is 0 Å². The van der Waals surface area contributed by atoms with Crippen molar-refractivity contribution in [3.05, 3.63) is 23.2 Å². The summed E-state index contributed by atoms with van der Waals surface area (Å²) in [5.74, 6) is 0. The van der Waals surface area contributed by atoms with Crippen LogP contribution in [0, 0.1) is 0 Å². The number of rotatable bonds is 3. The molecule has 3 aliphatic carbocycles. The molecule has 132 valence electrons. The average Bonchev–Trinajstić information content (AvgIpc) is 3.13. The van der Waals surface area contributed by atoms with Crippen LogP contribution < -0.4 is 0 Å². The van der Waals surface area contributed by atoms with Crippen LogP contribution in [0.3, 0.4) is 0 Å². The van der Waals surface area contributed by atoms with Gasteiger partial charge in [-0.15, -0.1) is 0 Å². The van der Waals surface area contributed by atoms with Crippen LogP contribution in [-0.4, -0.2) is 43.9 Å². The number of hydrogen-bond acceptors (Lipinski definition) is 3. The number of hydrogen-bond donors (Lipinski definition) is 0. The third kappa shape index (κ3) is 2.81. The fourth-order valence-corrected chi connectivity index (χ4v) is 5.51. The van der Waals surface area contributed by atoms with E-state index in [-0.39, 0.29) is 18.3 Å². The lowest BCUT2D eigenvalue weighted by molar-refractivity contribution is -0.0923. The van der Waals surface area contributed by atoms with E-state index in [2.05, 4.69) is 31.1 Å². The highest BCUT2D eigenvalue weighted by atomic mass is 16.7. The molecule has 0 N–H and O–H groups in total. The molecule has 0 aromatic carbocycles. The van der Waals surface area contributed by atoms with Gasteiger partial charge in [0.1, 0.15) is 0 Å². The number of fused-ring (bicyclic) bond motifs is 1. The minimum absolute atomic E-state index is 0.0109. The average molecular weight is 329 g/mol. The van der Waals surface area contributed by atoms with Crippen LogP contribution >= 0.6 is 0 Å². The first-order chi connectivity index (χ1) is 11.6. The molecule has 3 nitrogen and oxygen atoms in total. The zero-order valence-corrected chi connectivity index (χ0v) is 15.5. The summed E-state index contributed by atoms with van der Waals surface area (Å²) in [6, 6.07) is 0. The van der Waals surface area contributed by atoms with Crippen molar-refractivity contribution >= 4 is 7.12 Å². The van der Waals surface area contributed by atoms with Gasteiger partial charge in [0.05, 0.1) is 11.2 Å². The third-order valence-electron chi connectivity index (χ3n) is 6.65. The summed E-state index contributed by atoms with van der Waals surface area (Å²) < 4.78 is 13.7. The molecule has 1 heterocycles. The Bertz CT molecular complexity index is 502. The van der Waals surface area contributed by atoms with E-state index in [4.69, 9.17) is 9.31 Å². The van der Waals surface area contributed by atoms with Crippen molar-refractivity contribution < 1.29 is 9.31 Å². The van der Waals surface area contributed by atoms with E-state index in [0.29, 0.717) is 0 Å². The number of likely N-dealkylation sites (N-methyl/N-ethyl adjacent to an activating group) is 1. The van der Waals surface area contributed by atoms with Crippen molar-refractivity contribution in [3.8, 4) is 0 Å². The molecule has 4 rings (SSSR count). The predicted octanol–water partition coefficient (Wildman–Crippen LogP) is 4.28. The minimum Gasteiger partial charge on any atom is -0.399 e. The van der Waals surface area contributed by atoms with Crippen LogP contribution in [0.25, 0.3) is 0 Å². The van der Waals surface area contributed by atoms with E-state index in [9.17, 15) is 0 Å². The lowest BCUT2D eigenvalue weighted by atomic mass is 9.66. The minimum atomic E-state index is -0.130. The Labute approximate surface area is 147 Å². The fourth-order valence-electron chi connectivity index (χ4n) is 5.51. The van der Waals surface area contributed by atoms with E-state index in [1.54, 1.807) is 0 Å². The molecule has 2 spiro atoms. The van der Waals surface area contributed by atoms with Gasteiger partial charge in [-0.2, -0.15) is 0 Å². The molecule has 24 heavy (non-hydrogen) atoms. The van der Waals surface area contributed by atoms with Gasteiger partial charge in [0, 0.05) is 6.54 Å². The van der Waals surface area contributed by atoms with Crippen molar-refractivity contribution in [1.29, 1.82) is 0 Å². The molecule has 0 aromatic heterocycles. The van der Waals surface area contributed by atoms with Gasteiger partial charge in [-0.3, -0.25) is 0 Å². The Morgan fingerprint density at radius 3 is 1.96 bits per heavy atom. The number of allylic oxidation sites excluding steroid dienone is 3. The van der Waals surface area contributed by atoms with Gasteiger partial charge in [-0.05, 0) is 51.7 Å². The summed E-state index contributed by atoms with van der Waals surface area (Å²) in [5, 5.41) is 0. The molecule has 0 atom stereocenters.